The monoisotopic (exact) mass is 360 g/mol. The van der Waals surface area contributed by atoms with Crippen LogP contribution in [-0.4, -0.2) is 53.5 Å². The molecule has 1 N–H and O–H groups in total. The molecule has 7 nitrogen and oxygen atoms in total. The smallest absolute Gasteiger partial charge is 0.225 e. The van der Waals surface area contributed by atoms with Crippen molar-refractivity contribution in [3.8, 4) is 10.6 Å². The molecule has 8 heteroatoms. The summed E-state index contributed by atoms with van der Waals surface area (Å²) in [6.07, 6.45) is 3.74. The Balaban J connectivity index is 1.51. The lowest BCUT2D eigenvalue weighted by Crippen LogP contribution is -2.33. The molecule has 0 radical (unpaired) electrons. The fourth-order valence-corrected chi connectivity index (χ4v) is 3.51. The number of pyridine rings is 1. The molecule has 3 rings (SSSR count). The van der Waals surface area contributed by atoms with Gasteiger partial charge in [0.15, 0.2) is 0 Å². The first kappa shape index (κ1) is 17.5. The van der Waals surface area contributed by atoms with Gasteiger partial charge in [0, 0.05) is 50.0 Å². The number of nitrogens with one attached hydrogen (secondary N) is 1. The molecule has 3 heterocycles. The van der Waals surface area contributed by atoms with Crippen LogP contribution in [0, 0.1) is 5.92 Å². The van der Waals surface area contributed by atoms with Crippen LogP contribution in [0.15, 0.2) is 29.9 Å². The van der Waals surface area contributed by atoms with Gasteiger partial charge in [0.05, 0.1) is 24.8 Å². The third kappa shape index (κ3) is 4.40. The van der Waals surface area contributed by atoms with Crippen LogP contribution >= 0.6 is 11.3 Å². The van der Waals surface area contributed by atoms with Crippen LogP contribution in [0.25, 0.3) is 10.6 Å². The van der Waals surface area contributed by atoms with Gasteiger partial charge in [0.2, 0.25) is 11.8 Å². The van der Waals surface area contributed by atoms with Gasteiger partial charge in [-0.25, -0.2) is 4.98 Å². The van der Waals surface area contributed by atoms with E-state index in [1.165, 1.54) is 11.3 Å². The molecule has 2 aromatic heterocycles. The molecule has 1 atom stereocenters. The summed E-state index contributed by atoms with van der Waals surface area (Å²) < 4.78 is 4.99. The molecule has 25 heavy (non-hydrogen) atoms. The van der Waals surface area contributed by atoms with Crippen LogP contribution in [0.5, 0.6) is 0 Å². The van der Waals surface area contributed by atoms with E-state index in [0.29, 0.717) is 26.2 Å². The van der Waals surface area contributed by atoms with E-state index in [0.717, 1.165) is 16.3 Å². The summed E-state index contributed by atoms with van der Waals surface area (Å²) in [6, 6.07) is 3.82. The first-order chi connectivity index (χ1) is 12.2. The normalized spacial score (nSPS) is 17.1. The van der Waals surface area contributed by atoms with Gasteiger partial charge < -0.3 is 15.0 Å². The van der Waals surface area contributed by atoms with Crippen LogP contribution in [0.1, 0.15) is 12.1 Å². The maximum atomic E-state index is 12.3. The van der Waals surface area contributed by atoms with Crippen LogP contribution in [0.3, 0.4) is 0 Å². The fraction of sp³-hybridized carbons (Fsp3) is 0.412. The average Bonchev–Trinajstić information content (AvgIpc) is 3.25. The molecule has 1 saturated heterocycles. The molecule has 1 aliphatic rings. The van der Waals surface area contributed by atoms with Gasteiger partial charge in [-0.15, -0.1) is 11.3 Å². The number of carbonyl (C=O) groups excluding carboxylic acids is 2. The molecule has 0 bridgehead atoms. The van der Waals surface area contributed by atoms with E-state index in [2.05, 4.69) is 15.3 Å². The van der Waals surface area contributed by atoms with Gasteiger partial charge in [-0.2, -0.15) is 0 Å². The van der Waals surface area contributed by atoms with Gasteiger partial charge in [-0.05, 0) is 12.1 Å². The predicted molar refractivity (Wildman–Crippen MR) is 93.8 cm³/mol. The van der Waals surface area contributed by atoms with Crippen LogP contribution < -0.4 is 5.32 Å². The number of rotatable bonds is 7. The minimum atomic E-state index is -0.305. The quantitative estimate of drug-likeness (QED) is 0.805. The molecule has 1 fully saturated rings. The Kier molecular flexibility index (Phi) is 5.72. The predicted octanol–water partition coefficient (Wildman–Crippen LogP) is 1.32. The third-order valence-electron chi connectivity index (χ3n) is 4.05. The van der Waals surface area contributed by atoms with E-state index in [1.54, 1.807) is 24.4 Å². The van der Waals surface area contributed by atoms with E-state index in [1.807, 2.05) is 17.5 Å². The lowest BCUT2D eigenvalue weighted by molar-refractivity contribution is -0.129. The zero-order chi connectivity index (χ0) is 17.6. The van der Waals surface area contributed by atoms with E-state index < -0.39 is 0 Å². The highest BCUT2D eigenvalue weighted by molar-refractivity contribution is 7.13. The molecule has 2 amide bonds. The summed E-state index contributed by atoms with van der Waals surface area (Å²) in [5.74, 6) is -0.408. The molecule has 1 aliphatic heterocycles. The summed E-state index contributed by atoms with van der Waals surface area (Å²) in [6.45, 7) is 1.82. The molecule has 0 aliphatic carbocycles. The lowest BCUT2D eigenvalue weighted by Gasteiger charge is -2.15. The maximum absolute atomic E-state index is 12.3. The average molecular weight is 360 g/mol. The van der Waals surface area contributed by atoms with Crippen molar-refractivity contribution in [3.63, 3.8) is 0 Å². The Bertz CT molecular complexity index is 735. The molecule has 132 valence electrons. The van der Waals surface area contributed by atoms with Gasteiger partial charge in [0.25, 0.3) is 0 Å². The summed E-state index contributed by atoms with van der Waals surface area (Å²) >= 11 is 1.52. The SMILES string of the molecule is COCCN1CC(C(=O)NCc2csc(-c3cccnc3)n2)CC1=O. The summed E-state index contributed by atoms with van der Waals surface area (Å²) in [7, 11) is 1.60. The Morgan fingerprint density at radius 1 is 1.52 bits per heavy atom. The minimum absolute atomic E-state index is 0.00437. The zero-order valence-corrected chi connectivity index (χ0v) is 14.8. The molecule has 0 spiro atoms. The zero-order valence-electron chi connectivity index (χ0n) is 14.0. The van der Waals surface area contributed by atoms with E-state index in [9.17, 15) is 9.59 Å². The molecular formula is C17H20N4O3S. The number of methoxy groups -OCH3 is 1. The van der Waals surface area contributed by atoms with Crippen LogP contribution in [0.2, 0.25) is 0 Å². The van der Waals surface area contributed by atoms with Crippen molar-refractivity contribution in [2.24, 2.45) is 5.92 Å². The Labute approximate surface area is 150 Å². The molecule has 0 saturated carbocycles. The summed E-state index contributed by atoms with van der Waals surface area (Å²) in [5.41, 5.74) is 1.76. The summed E-state index contributed by atoms with van der Waals surface area (Å²) in [4.78, 5) is 34.5. The van der Waals surface area contributed by atoms with Crippen molar-refractivity contribution in [1.82, 2.24) is 20.2 Å². The van der Waals surface area contributed by atoms with Gasteiger partial charge >= 0.3 is 0 Å². The van der Waals surface area contributed by atoms with Crippen molar-refractivity contribution >= 4 is 23.2 Å². The standard InChI is InChI=1S/C17H20N4O3S/c1-24-6-5-21-10-13(7-15(21)22)16(23)19-9-14-11-25-17(20-14)12-3-2-4-18-8-12/h2-4,8,11,13H,5-7,9-10H2,1H3,(H,19,23). The first-order valence-corrected chi connectivity index (χ1v) is 8.94. The Hall–Kier alpha value is -2.32. The second-order valence-electron chi connectivity index (χ2n) is 5.84. The topological polar surface area (TPSA) is 84.4 Å². The summed E-state index contributed by atoms with van der Waals surface area (Å²) in [5, 5.41) is 5.68. The van der Waals surface area contributed by atoms with Gasteiger partial charge in [-0.1, -0.05) is 0 Å². The number of carbonyl (C=O) groups is 2. The number of aromatic nitrogens is 2. The first-order valence-electron chi connectivity index (χ1n) is 8.06. The number of ether oxygens (including phenoxy) is 1. The molecule has 2 aromatic rings. The Morgan fingerprint density at radius 3 is 3.16 bits per heavy atom. The lowest BCUT2D eigenvalue weighted by atomic mass is 10.1. The number of hydrogen-bond acceptors (Lipinski definition) is 6. The van der Waals surface area contributed by atoms with Crippen molar-refractivity contribution in [2.75, 3.05) is 26.8 Å². The highest BCUT2D eigenvalue weighted by Crippen LogP contribution is 2.23. The number of hydrogen-bond donors (Lipinski definition) is 1. The van der Waals surface area contributed by atoms with Crippen molar-refractivity contribution in [1.29, 1.82) is 0 Å². The maximum Gasteiger partial charge on any atom is 0.225 e. The van der Waals surface area contributed by atoms with E-state index in [4.69, 9.17) is 4.74 Å². The molecule has 0 aromatic carbocycles. The van der Waals surface area contributed by atoms with Crippen molar-refractivity contribution < 1.29 is 14.3 Å². The van der Waals surface area contributed by atoms with Crippen LogP contribution in [-0.2, 0) is 20.9 Å². The molecule has 1 unspecified atom stereocenters. The second-order valence-corrected chi connectivity index (χ2v) is 6.70. The number of amides is 2. The van der Waals surface area contributed by atoms with Gasteiger partial charge in [-0.3, -0.25) is 14.6 Å². The van der Waals surface area contributed by atoms with E-state index >= 15 is 0 Å². The number of thiazole rings is 1. The highest BCUT2D eigenvalue weighted by Gasteiger charge is 2.33. The van der Waals surface area contributed by atoms with Gasteiger partial charge in [0.1, 0.15) is 5.01 Å². The van der Waals surface area contributed by atoms with E-state index in [-0.39, 0.29) is 24.2 Å². The fourth-order valence-electron chi connectivity index (χ4n) is 2.70. The number of likely N-dealkylation sites (tertiary alicyclic amines) is 1. The third-order valence-corrected chi connectivity index (χ3v) is 4.99. The minimum Gasteiger partial charge on any atom is -0.383 e. The number of nitrogens with zero attached hydrogens (tertiary/aromatic N) is 3. The largest absolute Gasteiger partial charge is 0.383 e. The van der Waals surface area contributed by atoms with Crippen molar-refractivity contribution in [3.05, 3.63) is 35.6 Å². The molecular weight excluding hydrogens is 340 g/mol. The second kappa shape index (κ2) is 8.17. The van der Waals surface area contributed by atoms with Crippen LogP contribution in [0.4, 0.5) is 0 Å². The Morgan fingerprint density at radius 2 is 2.40 bits per heavy atom. The van der Waals surface area contributed by atoms with Crippen molar-refractivity contribution in [2.45, 2.75) is 13.0 Å². The highest BCUT2D eigenvalue weighted by atomic mass is 32.1.